The van der Waals surface area contributed by atoms with E-state index in [9.17, 15) is 5.11 Å². The summed E-state index contributed by atoms with van der Waals surface area (Å²) in [5, 5.41) is 13.3. The van der Waals surface area contributed by atoms with Gasteiger partial charge in [0.25, 0.3) is 0 Å². The van der Waals surface area contributed by atoms with Crippen molar-refractivity contribution in [3.05, 3.63) is 41.5 Å². The number of hydrogen-bond donors (Lipinski definition) is 1. The van der Waals surface area contributed by atoms with Crippen molar-refractivity contribution in [3.8, 4) is 5.75 Å². The molecule has 5 heteroatoms. The van der Waals surface area contributed by atoms with Crippen LogP contribution in [0, 0.1) is 0 Å². The van der Waals surface area contributed by atoms with Crippen molar-refractivity contribution in [1.82, 2.24) is 10.1 Å². The van der Waals surface area contributed by atoms with Crippen LogP contribution in [0.2, 0.25) is 0 Å². The van der Waals surface area contributed by atoms with E-state index >= 15 is 0 Å². The van der Waals surface area contributed by atoms with Crippen LogP contribution in [-0.4, -0.2) is 21.9 Å². The fourth-order valence-corrected chi connectivity index (χ4v) is 2.09. The monoisotopic (exact) mass is 246 g/mol. The number of nitrogens with zero attached hydrogens (tertiary/aromatic N) is 2. The second-order valence-electron chi connectivity index (χ2n) is 4.39. The van der Waals surface area contributed by atoms with Crippen LogP contribution in [0.15, 0.2) is 28.8 Å². The van der Waals surface area contributed by atoms with Gasteiger partial charge in [0.1, 0.15) is 11.9 Å². The van der Waals surface area contributed by atoms with Crippen LogP contribution in [0.25, 0.3) is 0 Å². The van der Waals surface area contributed by atoms with Crippen LogP contribution >= 0.6 is 0 Å². The summed E-state index contributed by atoms with van der Waals surface area (Å²) in [4.78, 5) is 4.33. The first kappa shape index (κ1) is 11.2. The summed E-state index contributed by atoms with van der Waals surface area (Å²) >= 11 is 0. The third-order valence-corrected chi connectivity index (χ3v) is 2.97. The minimum absolute atomic E-state index is 0.0216. The molecule has 94 valence electrons. The van der Waals surface area contributed by atoms with E-state index in [2.05, 4.69) is 10.1 Å². The van der Waals surface area contributed by atoms with Gasteiger partial charge < -0.3 is 14.4 Å². The Labute approximate surface area is 104 Å². The first-order valence-electron chi connectivity index (χ1n) is 6.03. The van der Waals surface area contributed by atoms with Crippen molar-refractivity contribution in [2.45, 2.75) is 25.4 Å². The number of ether oxygens (including phenoxy) is 1. The van der Waals surface area contributed by atoms with Crippen molar-refractivity contribution in [1.29, 1.82) is 0 Å². The Morgan fingerprint density at radius 1 is 1.39 bits per heavy atom. The predicted octanol–water partition coefficient (Wildman–Crippen LogP) is 2.22. The number of phenols is 1. The Morgan fingerprint density at radius 2 is 2.33 bits per heavy atom. The fraction of sp³-hybridized carbons (Fsp3) is 0.385. The minimum atomic E-state index is -0.0216. The molecule has 0 saturated carbocycles. The molecular formula is C13H14N2O3. The zero-order chi connectivity index (χ0) is 12.4. The van der Waals surface area contributed by atoms with Gasteiger partial charge in [0.2, 0.25) is 11.7 Å². The highest BCUT2D eigenvalue weighted by Crippen LogP contribution is 2.26. The third kappa shape index (κ3) is 2.36. The van der Waals surface area contributed by atoms with Gasteiger partial charge in [0.15, 0.2) is 0 Å². The predicted molar refractivity (Wildman–Crippen MR) is 63.1 cm³/mol. The molecule has 2 aromatic rings. The molecule has 1 fully saturated rings. The van der Waals surface area contributed by atoms with E-state index < -0.39 is 0 Å². The highest BCUT2D eigenvalue weighted by Gasteiger charge is 2.23. The lowest BCUT2D eigenvalue weighted by atomic mass is 10.1. The fourth-order valence-electron chi connectivity index (χ4n) is 2.09. The molecule has 0 amide bonds. The summed E-state index contributed by atoms with van der Waals surface area (Å²) in [6, 6.07) is 7.03. The van der Waals surface area contributed by atoms with Gasteiger partial charge >= 0.3 is 0 Å². The normalized spacial score (nSPS) is 19.2. The van der Waals surface area contributed by atoms with E-state index in [1.165, 1.54) is 0 Å². The molecule has 1 aliphatic heterocycles. The van der Waals surface area contributed by atoms with Crippen molar-refractivity contribution < 1.29 is 14.4 Å². The number of benzene rings is 1. The summed E-state index contributed by atoms with van der Waals surface area (Å²) in [5.41, 5.74) is 0.942. The molecule has 1 aliphatic rings. The topological polar surface area (TPSA) is 68.4 Å². The van der Waals surface area contributed by atoms with E-state index in [-0.39, 0.29) is 11.9 Å². The van der Waals surface area contributed by atoms with Crippen molar-refractivity contribution in [2.75, 3.05) is 6.61 Å². The molecule has 0 radical (unpaired) electrons. The van der Waals surface area contributed by atoms with Crippen LogP contribution in [0.4, 0.5) is 0 Å². The number of phenolic OH excluding ortho intramolecular Hbond substituents is 1. The van der Waals surface area contributed by atoms with E-state index in [0.717, 1.165) is 25.0 Å². The molecule has 1 N–H and O–H groups in total. The molecule has 1 atom stereocenters. The molecule has 1 saturated heterocycles. The smallest absolute Gasteiger partial charge is 0.231 e. The van der Waals surface area contributed by atoms with Crippen LogP contribution in [0.1, 0.15) is 36.2 Å². The van der Waals surface area contributed by atoms with Crippen LogP contribution in [0.3, 0.4) is 0 Å². The van der Waals surface area contributed by atoms with Gasteiger partial charge in [-0.1, -0.05) is 17.3 Å². The zero-order valence-electron chi connectivity index (χ0n) is 9.87. The van der Waals surface area contributed by atoms with Crippen LogP contribution in [-0.2, 0) is 11.2 Å². The molecule has 0 spiro atoms. The molecule has 18 heavy (non-hydrogen) atoms. The van der Waals surface area contributed by atoms with Crippen molar-refractivity contribution in [2.24, 2.45) is 0 Å². The first-order valence-corrected chi connectivity index (χ1v) is 6.03. The number of hydrogen-bond acceptors (Lipinski definition) is 5. The second kappa shape index (κ2) is 4.78. The highest BCUT2D eigenvalue weighted by atomic mass is 16.5. The van der Waals surface area contributed by atoms with Crippen molar-refractivity contribution >= 4 is 0 Å². The molecule has 1 unspecified atom stereocenters. The van der Waals surface area contributed by atoms with Gasteiger partial charge in [0, 0.05) is 6.61 Å². The lowest BCUT2D eigenvalue weighted by Crippen LogP contribution is -1.98. The molecule has 2 heterocycles. The molecule has 0 aliphatic carbocycles. The largest absolute Gasteiger partial charge is 0.508 e. The maximum atomic E-state index is 9.38. The molecule has 5 nitrogen and oxygen atoms in total. The van der Waals surface area contributed by atoms with E-state index in [1.807, 2.05) is 6.07 Å². The molecule has 1 aromatic heterocycles. The second-order valence-corrected chi connectivity index (χ2v) is 4.39. The summed E-state index contributed by atoms with van der Waals surface area (Å²) in [5.74, 6) is 1.42. The maximum absolute atomic E-state index is 9.38. The Kier molecular flexibility index (Phi) is 2.98. The minimum Gasteiger partial charge on any atom is -0.508 e. The van der Waals surface area contributed by atoms with E-state index in [4.69, 9.17) is 9.26 Å². The SMILES string of the molecule is Oc1cccc(Cc2nc(C3CCCO3)no2)c1. The van der Waals surface area contributed by atoms with Crippen LogP contribution < -0.4 is 0 Å². The molecular weight excluding hydrogens is 232 g/mol. The summed E-state index contributed by atoms with van der Waals surface area (Å²) < 4.78 is 10.7. The van der Waals surface area contributed by atoms with Crippen LogP contribution in [0.5, 0.6) is 5.75 Å². The highest BCUT2D eigenvalue weighted by molar-refractivity contribution is 5.28. The van der Waals surface area contributed by atoms with E-state index in [0.29, 0.717) is 18.1 Å². The average molecular weight is 246 g/mol. The number of aromatic nitrogens is 2. The maximum Gasteiger partial charge on any atom is 0.231 e. The van der Waals surface area contributed by atoms with Gasteiger partial charge in [0.05, 0.1) is 6.42 Å². The summed E-state index contributed by atoms with van der Waals surface area (Å²) in [6.07, 6.45) is 2.49. The standard InChI is InChI=1S/C13H14N2O3/c16-10-4-1-3-9(7-10)8-12-14-13(15-18-12)11-5-2-6-17-11/h1,3-4,7,11,16H,2,5-6,8H2. The van der Waals surface area contributed by atoms with Gasteiger partial charge in [-0.05, 0) is 30.5 Å². The van der Waals surface area contributed by atoms with Gasteiger partial charge in [-0.3, -0.25) is 0 Å². The molecule has 3 rings (SSSR count). The zero-order valence-corrected chi connectivity index (χ0v) is 9.87. The summed E-state index contributed by atoms with van der Waals surface area (Å²) in [6.45, 7) is 0.765. The quantitative estimate of drug-likeness (QED) is 0.899. The van der Waals surface area contributed by atoms with E-state index in [1.54, 1.807) is 18.2 Å². The third-order valence-electron chi connectivity index (χ3n) is 2.97. The lowest BCUT2D eigenvalue weighted by molar-refractivity contribution is 0.103. The summed E-state index contributed by atoms with van der Waals surface area (Å²) in [7, 11) is 0. The van der Waals surface area contributed by atoms with Gasteiger partial charge in [-0.2, -0.15) is 4.98 Å². The average Bonchev–Trinajstić information content (AvgIpc) is 2.98. The molecule has 1 aromatic carbocycles. The lowest BCUT2D eigenvalue weighted by Gasteiger charge is -2.01. The Hall–Kier alpha value is -1.88. The molecule has 0 bridgehead atoms. The number of rotatable bonds is 3. The Bertz CT molecular complexity index is 533. The Balaban J connectivity index is 1.73. The van der Waals surface area contributed by atoms with Crippen molar-refractivity contribution in [3.63, 3.8) is 0 Å². The number of aromatic hydroxyl groups is 1. The van der Waals surface area contributed by atoms with Gasteiger partial charge in [-0.15, -0.1) is 0 Å². The first-order chi connectivity index (χ1) is 8.81. The van der Waals surface area contributed by atoms with Gasteiger partial charge in [-0.25, -0.2) is 0 Å². The Morgan fingerprint density at radius 3 is 3.11 bits per heavy atom.